The summed E-state index contributed by atoms with van der Waals surface area (Å²) >= 11 is 0. The van der Waals surface area contributed by atoms with E-state index in [0.29, 0.717) is 12.1 Å². The van der Waals surface area contributed by atoms with Crippen molar-refractivity contribution < 1.29 is 4.74 Å². The van der Waals surface area contributed by atoms with E-state index in [9.17, 15) is 0 Å². The van der Waals surface area contributed by atoms with Gasteiger partial charge >= 0.3 is 0 Å². The van der Waals surface area contributed by atoms with Crippen LogP contribution in [0.2, 0.25) is 0 Å². The lowest BCUT2D eigenvalue weighted by atomic mass is 9.77. The van der Waals surface area contributed by atoms with Gasteiger partial charge in [-0.15, -0.1) is 0 Å². The van der Waals surface area contributed by atoms with Gasteiger partial charge in [0.25, 0.3) is 0 Å². The van der Waals surface area contributed by atoms with Crippen molar-refractivity contribution in [1.82, 2.24) is 4.90 Å². The zero-order valence-electron chi connectivity index (χ0n) is 12.2. The Bertz CT molecular complexity index is 259. The molecule has 2 N–H and O–H groups in total. The molecular weight excluding hydrogens is 224 g/mol. The molecule has 0 spiro atoms. The second-order valence-corrected chi connectivity index (χ2v) is 6.27. The van der Waals surface area contributed by atoms with E-state index in [4.69, 9.17) is 10.5 Å². The summed E-state index contributed by atoms with van der Waals surface area (Å²) in [6, 6.07) is 0.687. The van der Waals surface area contributed by atoms with Gasteiger partial charge in [-0.05, 0) is 52.0 Å². The van der Waals surface area contributed by atoms with E-state index in [-0.39, 0.29) is 5.54 Å². The summed E-state index contributed by atoms with van der Waals surface area (Å²) in [6.07, 6.45) is 10.7. The van der Waals surface area contributed by atoms with Crippen molar-refractivity contribution in [2.24, 2.45) is 5.73 Å². The predicted molar refractivity (Wildman–Crippen MR) is 75.7 cm³/mol. The monoisotopic (exact) mass is 254 g/mol. The molecule has 3 heteroatoms. The average Bonchev–Trinajstić information content (AvgIpc) is 2.63. The van der Waals surface area contributed by atoms with Crippen LogP contribution in [0.5, 0.6) is 0 Å². The Morgan fingerprint density at radius 3 is 2.78 bits per heavy atom. The van der Waals surface area contributed by atoms with Crippen molar-refractivity contribution >= 4 is 0 Å². The Kier molecular flexibility index (Phi) is 5.05. The standard InChI is InChI=1S/C15H30N2O/c1-13-7-4-3-5-10-17(13)15(12-16)9-6-8-14(11-15)18-2/h13-14H,3-12,16H2,1-2H3. The minimum atomic E-state index is 0.211. The Morgan fingerprint density at radius 1 is 1.22 bits per heavy atom. The SMILES string of the molecule is COC1CCCC(CN)(N2CCCCCC2C)C1. The van der Waals surface area contributed by atoms with Gasteiger partial charge in [-0.3, -0.25) is 4.90 Å². The van der Waals surface area contributed by atoms with Gasteiger partial charge in [-0.25, -0.2) is 0 Å². The Morgan fingerprint density at radius 2 is 2.06 bits per heavy atom. The van der Waals surface area contributed by atoms with Crippen LogP contribution in [-0.2, 0) is 4.74 Å². The summed E-state index contributed by atoms with van der Waals surface area (Å²) in [6.45, 7) is 4.41. The molecule has 1 saturated heterocycles. The van der Waals surface area contributed by atoms with E-state index in [1.807, 2.05) is 7.11 Å². The summed E-state index contributed by atoms with van der Waals surface area (Å²) < 4.78 is 5.62. The number of methoxy groups -OCH3 is 1. The molecule has 0 aromatic rings. The molecule has 0 radical (unpaired) electrons. The van der Waals surface area contributed by atoms with Crippen molar-refractivity contribution in [3.8, 4) is 0 Å². The van der Waals surface area contributed by atoms with Gasteiger partial charge in [-0.2, -0.15) is 0 Å². The molecule has 1 saturated carbocycles. The molecular formula is C15H30N2O. The summed E-state index contributed by atoms with van der Waals surface area (Å²) in [5.41, 5.74) is 6.41. The van der Waals surface area contributed by atoms with Crippen LogP contribution in [0.25, 0.3) is 0 Å². The Balaban J connectivity index is 2.13. The average molecular weight is 254 g/mol. The molecule has 3 atom stereocenters. The van der Waals surface area contributed by atoms with Gasteiger partial charge in [0.2, 0.25) is 0 Å². The maximum Gasteiger partial charge on any atom is 0.0589 e. The molecule has 3 unspecified atom stereocenters. The van der Waals surface area contributed by atoms with Crippen LogP contribution in [0.3, 0.4) is 0 Å². The number of ether oxygens (including phenoxy) is 1. The molecule has 1 aliphatic carbocycles. The van der Waals surface area contributed by atoms with E-state index >= 15 is 0 Å². The molecule has 3 nitrogen and oxygen atoms in total. The third-order valence-corrected chi connectivity index (χ3v) is 5.15. The third kappa shape index (κ3) is 2.89. The van der Waals surface area contributed by atoms with Gasteiger partial charge in [-0.1, -0.05) is 12.8 Å². The van der Waals surface area contributed by atoms with Crippen LogP contribution >= 0.6 is 0 Å². The number of likely N-dealkylation sites (tertiary alicyclic amines) is 1. The zero-order valence-corrected chi connectivity index (χ0v) is 12.2. The summed E-state index contributed by atoms with van der Waals surface area (Å²) in [7, 11) is 1.85. The van der Waals surface area contributed by atoms with E-state index in [1.54, 1.807) is 0 Å². The predicted octanol–water partition coefficient (Wildman–Crippen LogP) is 2.54. The van der Waals surface area contributed by atoms with Crippen LogP contribution in [0.15, 0.2) is 0 Å². The van der Waals surface area contributed by atoms with E-state index in [2.05, 4.69) is 11.8 Å². The van der Waals surface area contributed by atoms with E-state index in [1.165, 1.54) is 51.5 Å². The highest BCUT2D eigenvalue weighted by atomic mass is 16.5. The first kappa shape index (κ1) is 14.3. The minimum absolute atomic E-state index is 0.211. The summed E-state index contributed by atoms with van der Waals surface area (Å²) in [5.74, 6) is 0. The zero-order chi connectivity index (χ0) is 13.0. The maximum atomic E-state index is 6.20. The molecule has 106 valence electrons. The molecule has 18 heavy (non-hydrogen) atoms. The highest BCUT2D eigenvalue weighted by molar-refractivity contribution is 4.99. The van der Waals surface area contributed by atoms with E-state index in [0.717, 1.165) is 13.0 Å². The summed E-state index contributed by atoms with van der Waals surface area (Å²) in [4.78, 5) is 2.73. The first-order valence-electron chi connectivity index (χ1n) is 7.71. The lowest BCUT2D eigenvalue weighted by Crippen LogP contribution is -2.60. The number of hydrogen-bond donors (Lipinski definition) is 1. The van der Waals surface area contributed by atoms with Crippen molar-refractivity contribution in [2.45, 2.75) is 76.0 Å². The fourth-order valence-corrected chi connectivity index (χ4v) is 4.03. The first-order chi connectivity index (χ1) is 8.72. The molecule has 1 aliphatic heterocycles. The van der Waals surface area contributed by atoms with Crippen molar-refractivity contribution in [3.63, 3.8) is 0 Å². The molecule has 2 fully saturated rings. The van der Waals surface area contributed by atoms with Gasteiger partial charge in [0.05, 0.1) is 6.10 Å². The topological polar surface area (TPSA) is 38.5 Å². The van der Waals surface area contributed by atoms with Crippen LogP contribution < -0.4 is 5.73 Å². The fraction of sp³-hybridized carbons (Fsp3) is 1.00. The highest BCUT2D eigenvalue weighted by Crippen LogP contribution is 2.37. The molecule has 0 aromatic heterocycles. The number of hydrogen-bond acceptors (Lipinski definition) is 3. The number of rotatable bonds is 3. The Labute approximate surface area is 112 Å². The smallest absolute Gasteiger partial charge is 0.0589 e. The molecule has 0 aromatic carbocycles. The molecule has 2 rings (SSSR count). The van der Waals surface area contributed by atoms with Crippen molar-refractivity contribution in [3.05, 3.63) is 0 Å². The molecule has 2 aliphatic rings. The van der Waals surface area contributed by atoms with Crippen LogP contribution in [0, 0.1) is 0 Å². The maximum absolute atomic E-state index is 6.20. The van der Waals surface area contributed by atoms with E-state index < -0.39 is 0 Å². The summed E-state index contributed by atoms with van der Waals surface area (Å²) in [5, 5.41) is 0. The van der Waals surface area contributed by atoms with Crippen molar-refractivity contribution in [1.29, 1.82) is 0 Å². The van der Waals surface area contributed by atoms with Crippen molar-refractivity contribution in [2.75, 3.05) is 20.2 Å². The lowest BCUT2D eigenvalue weighted by molar-refractivity contribution is -0.0363. The van der Waals surface area contributed by atoms with Gasteiger partial charge in [0, 0.05) is 25.2 Å². The largest absolute Gasteiger partial charge is 0.381 e. The third-order valence-electron chi connectivity index (χ3n) is 5.15. The van der Waals surface area contributed by atoms with Crippen LogP contribution in [0.4, 0.5) is 0 Å². The second-order valence-electron chi connectivity index (χ2n) is 6.27. The van der Waals surface area contributed by atoms with Gasteiger partial charge in [0.15, 0.2) is 0 Å². The van der Waals surface area contributed by atoms with Crippen LogP contribution in [0.1, 0.15) is 58.3 Å². The normalized spacial score (nSPS) is 39.5. The van der Waals surface area contributed by atoms with Gasteiger partial charge in [0.1, 0.15) is 0 Å². The van der Waals surface area contributed by atoms with Crippen LogP contribution in [-0.4, -0.2) is 42.8 Å². The number of nitrogens with zero attached hydrogens (tertiary/aromatic N) is 1. The Hall–Kier alpha value is -0.120. The minimum Gasteiger partial charge on any atom is -0.381 e. The lowest BCUT2D eigenvalue weighted by Gasteiger charge is -2.50. The van der Waals surface area contributed by atoms with Gasteiger partial charge < -0.3 is 10.5 Å². The first-order valence-corrected chi connectivity index (χ1v) is 7.71. The second kappa shape index (κ2) is 6.36. The molecule has 1 heterocycles. The molecule has 0 amide bonds. The quantitative estimate of drug-likeness (QED) is 0.841. The number of nitrogens with two attached hydrogens (primary N) is 1. The highest BCUT2D eigenvalue weighted by Gasteiger charge is 2.42. The fourth-order valence-electron chi connectivity index (χ4n) is 4.03. The molecule has 0 bridgehead atoms.